The summed E-state index contributed by atoms with van der Waals surface area (Å²) in [6.45, 7) is 2.91. The fourth-order valence-electron chi connectivity index (χ4n) is 1.24. The third kappa shape index (κ3) is 2.45. The third-order valence-electron chi connectivity index (χ3n) is 1.91. The van der Waals surface area contributed by atoms with Gasteiger partial charge >= 0.3 is 0 Å². The van der Waals surface area contributed by atoms with Gasteiger partial charge in [0.25, 0.3) is 0 Å². The Balaban J connectivity index is 3.09. The van der Waals surface area contributed by atoms with E-state index in [-0.39, 0.29) is 0 Å². The van der Waals surface area contributed by atoms with Gasteiger partial charge in [-0.1, -0.05) is 15.9 Å². The molecule has 72 valence electrons. The average Bonchev–Trinajstić information content (AvgIpc) is 2.13. The largest absolute Gasteiger partial charge is 0.497 e. The minimum Gasteiger partial charge on any atom is -0.497 e. The molecule has 0 radical (unpaired) electrons. The Morgan fingerprint density at radius 3 is 2.69 bits per heavy atom. The number of nitrogens with one attached hydrogen (secondary N) is 1. The van der Waals surface area contributed by atoms with Crippen molar-refractivity contribution in [2.75, 3.05) is 14.2 Å². The summed E-state index contributed by atoms with van der Waals surface area (Å²) in [6.07, 6.45) is 0. The van der Waals surface area contributed by atoms with E-state index in [1.165, 1.54) is 11.1 Å². The summed E-state index contributed by atoms with van der Waals surface area (Å²) in [7, 11) is 3.62. The highest BCUT2D eigenvalue weighted by molar-refractivity contribution is 9.10. The van der Waals surface area contributed by atoms with Crippen molar-refractivity contribution in [3.63, 3.8) is 0 Å². The molecule has 0 heterocycles. The predicted octanol–water partition coefficient (Wildman–Crippen LogP) is 2.49. The fraction of sp³-hybridized carbons (Fsp3) is 0.400. The zero-order valence-corrected chi connectivity index (χ0v) is 9.73. The topological polar surface area (TPSA) is 21.3 Å². The van der Waals surface area contributed by atoms with Crippen molar-refractivity contribution < 1.29 is 4.74 Å². The van der Waals surface area contributed by atoms with Crippen molar-refractivity contribution in [2.45, 2.75) is 13.5 Å². The molecule has 0 aliphatic rings. The summed E-state index contributed by atoms with van der Waals surface area (Å²) in [5.41, 5.74) is 2.42. The summed E-state index contributed by atoms with van der Waals surface area (Å²) in [5.74, 6) is 0.908. The molecule has 0 aromatic heterocycles. The highest BCUT2D eigenvalue weighted by atomic mass is 79.9. The van der Waals surface area contributed by atoms with Gasteiger partial charge in [0.2, 0.25) is 0 Å². The molecule has 0 aliphatic carbocycles. The minimum absolute atomic E-state index is 0.846. The van der Waals surface area contributed by atoms with E-state index in [1.807, 2.05) is 19.2 Å². The molecule has 0 atom stereocenters. The number of rotatable bonds is 3. The first-order valence-corrected chi connectivity index (χ1v) is 4.96. The van der Waals surface area contributed by atoms with Crippen LogP contribution in [-0.2, 0) is 6.54 Å². The molecule has 0 bridgehead atoms. The lowest BCUT2D eigenvalue weighted by molar-refractivity contribution is 0.413. The number of halogens is 1. The van der Waals surface area contributed by atoms with Gasteiger partial charge in [0.1, 0.15) is 5.75 Å². The van der Waals surface area contributed by atoms with Gasteiger partial charge in [0.15, 0.2) is 0 Å². The SMILES string of the molecule is CNCc1cc(OC)cc(C)c1Br. The zero-order valence-electron chi connectivity index (χ0n) is 8.15. The Kier molecular flexibility index (Phi) is 3.75. The lowest BCUT2D eigenvalue weighted by atomic mass is 10.1. The van der Waals surface area contributed by atoms with E-state index in [4.69, 9.17) is 4.74 Å². The molecule has 0 aliphatic heterocycles. The van der Waals surface area contributed by atoms with E-state index < -0.39 is 0 Å². The van der Waals surface area contributed by atoms with Crippen LogP contribution < -0.4 is 10.1 Å². The maximum absolute atomic E-state index is 5.19. The maximum Gasteiger partial charge on any atom is 0.119 e. The van der Waals surface area contributed by atoms with Crippen LogP contribution in [-0.4, -0.2) is 14.2 Å². The van der Waals surface area contributed by atoms with Gasteiger partial charge < -0.3 is 10.1 Å². The van der Waals surface area contributed by atoms with Crippen LogP contribution in [0.3, 0.4) is 0 Å². The Morgan fingerprint density at radius 2 is 2.15 bits per heavy atom. The van der Waals surface area contributed by atoms with E-state index in [0.29, 0.717) is 0 Å². The Hall–Kier alpha value is -0.540. The van der Waals surface area contributed by atoms with Gasteiger partial charge in [-0.25, -0.2) is 0 Å². The minimum atomic E-state index is 0.846. The van der Waals surface area contributed by atoms with Crippen molar-refractivity contribution in [3.8, 4) is 5.75 Å². The second kappa shape index (κ2) is 4.63. The molecule has 13 heavy (non-hydrogen) atoms. The zero-order chi connectivity index (χ0) is 9.84. The summed E-state index contributed by atoms with van der Waals surface area (Å²) in [6, 6.07) is 4.05. The number of benzene rings is 1. The number of methoxy groups -OCH3 is 1. The molecule has 1 rings (SSSR count). The van der Waals surface area contributed by atoms with Crippen LogP contribution in [0, 0.1) is 6.92 Å². The van der Waals surface area contributed by atoms with Crippen LogP contribution in [0.2, 0.25) is 0 Å². The van der Waals surface area contributed by atoms with Crippen molar-refractivity contribution >= 4 is 15.9 Å². The second-order valence-corrected chi connectivity index (χ2v) is 3.74. The van der Waals surface area contributed by atoms with Gasteiger partial charge in [-0.2, -0.15) is 0 Å². The van der Waals surface area contributed by atoms with Gasteiger partial charge in [0.05, 0.1) is 7.11 Å². The quantitative estimate of drug-likeness (QED) is 0.881. The van der Waals surface area contributed by atoms with Crippen LogP contribution in [0.25, 0.3) is 0 Å². The summed E-state index contributed by atoms with van der Waals surface area (Å²) in [5, 5.41) is 3.12. The first kappa shape index (κ1) is 10.5. The predicted molar refractivity (Wildman–Crippen MR) is 58.2 cm³/mol. The van der Waals surface area contributed by atoms with Crippen molar-refractivity contribution in [1.29, 1.82) is 0 Å². The molecule has 0 spiro atoms. The molecule has 0 saturated heterocycles. The molecule has 0 unspecified atom stereocenters. The fourth-order valence-corrected chi connectivity index (χ4v) is 1.61. The molecular weight excluding hydrogens is 230 g/mol. The van der Waals surface area contributed by atoms with Gasteiger partial charge in [-0.15, -0.1) is 0 Å². The Labute approximate surface area is 87.4 Å². The van der Waals surface area contributed by atoms with Crippen molar-refractivity contribution in [1.82, 2.24) is 5.32 Å². The molecule has 1 aromatic rings. The second-order valence-electron chi connectivity index (χ2n) is 2.95. The van der Waals surface area contributed by atoms with Gasteiger partial charge in [0, 0.05) is 11.0 Å². The summed E-state index contributed by atoms with van der Waals surface area (Å²) in [4.78, 5) is 0. The van der Waals surface area contributed by atoms with Crippen LogP contribution in [0.5, 0.6) is 5.75 Å². The molecule has 2 nitrogen and oxygen atoms in total. The highest BCUT2D eigenvalue weighted by Gasteiger charge is 2.04. The summed E-state index contributed by atoms with van der Waals surface area (Å²) >= 11 is 3.55. The van der Waals surface area contributed by atoms with Crippen molar-refractivity contribution in [3.05, 3.63) is 27.7 Å². The van der Waals surface area contributed by atoms with Crippen molar-refractivity contribution in [2.24, 2.45) is 0 Å². The van der Waals surface area contributed by atoms with E-state index in [9.17, 15) is 0 Å². The molecule has 0 saturated carbocycles. The molecule has 1 N–H and O–H groups in total. The van der Waals surface area contributed by atoms with Crippen LogP contribution in [0.15, 0.2) is 16.6 Å². The summed E-state index contributed by atoms with van der Waals surface area (Å²) < 4.78 is 6.34. The number of ether oxygens (including phenoxy) is 1. The van der Waals surface area contributed by atoms with E-state index in [2.05, 4.69) is 28.2 Å². The molecule has 1 aromatic carbocycles. The normalized spacial score (nSPS) is 10.2. The smallest absolute Gasteiger partial charge is 0.119 e. The van der Waals surface area contributed by atoms with Gasteiger partial charge in [-0.3, -0.25) is 0 Å². The van der Waals surface area contributed by atoms with E-state index in [1.54, 1.807) is 7.11 Å². The first-order chi connectivity index (χ1) is 6.19. The highest BCUT2D eigenvalue weighted by Crippen LogP contribution is 2.26. The number of hydrogen-bond donors (Lipinski definition) is 1. The van der Waals surface area contributed by atoms with E-state index in [0.717, 1.165) is 16.8 Å². The van der Waals surface area contributed by atoms with Crippen LogP contribution in [0.4, 0.5) is 0 Å². The average molecular weight is 244 g/mol. The van der Waals surface area contributed by atoms with Crippen LogP contribution in [0.1, 0.15) is 11.1 Å². The standard InChI is InChI=1S/C10H14BrNO/c1-7-4-9(13-3)5-8(6-12-2)10(7)11/h4-5,12H,6H2,1-3H3. The molecule has 0 fully saturated rings. The lowest BCUT2D eigenvalue weighted by Crippen LogP contribution is -2.06. The molecule has 3 heteroatoms. The Bertz CT molecular complexity index is 299. The third-order valence-corrected chi connectivity index (χ3v) is 3.04. The lowest BCUT2D eigenvalue weighted by Gasteiger charge is -2.09. The van der Waals surface area contributed by atoms with Crippen LogP contribution >= 0.6 is 15.9 Å². The van der Waals surface area contributed by atoms with Gasteiger partial charge in [-0.05, 0) is 37.2 Å². The first-order valence-electron chi connectivity index (χ1n) is 4.16. The van der Waals surface area contributed by atoms with E-state index >= 15 is 0 Å². The Morgan fingerprint density at radius 1 is 1.46 bits per heavy atom. The maximum atomic E-state index is 5.19. The molecular formula is C10H14BrNO. The number of aryl methyl sites for hydroxylation is 1. The monoisotopic (exact) mass is 243 g/mol. The molecule has 0 amide bonds. The number of hydrogen-bond acceptors (Lipinski definition) is 2.